The Morgan fingerprint density at radius 1 is 1.42 bits per heavy atom. The molecule has 0 bridgehead atoms. The van der Waals surface area contributed by atoms with Crippen molar-refractivity contribution in [1.82, 2.24) is 9.78 Å². The summed E-state index contributed by atoms with van der Waals surface area (Å²) in [6.45, 7) is 7.22. The van der Waals surface area contributed by atoms with E-state index in [1.807, 2.05) is 11.6 Å². The van der Waals surface area contributed by atoms with Crippen molar-refractivity contribution in [2.24, 2.45) is 0 Å². The van der Waals surface area contributed by atoms with Crippen molar-refractivity contribution in [3.05, 3.63) is 17.0 Å². The van der Waals surface area contributed by atoms with Crippen LogP contribution in [-0.4, -0.2) is 21.5 Å². The highest BCUT2D eigenvalue weighted by Gasteiger charge is 2.08. The van der Waals surface area contributed by atoms with Gasteiger partial charge in [-0.1, -0.05) is 0 Å². The van der Waals surface area contributed by atoms with Crippen LogP contribution in [0.4, 0.5) is 0 Å². The summed E-state index contributed by atoms with van der Waals surface area (Å²) < 4.78 is 1.97. The lowest BCUT2D eigenvalue weighted by molar-refractivity contribution is 0.299. The lowest BCUT2D eigenvalue weighted by Crippen LogP contribution is -2.00. The minimum atomic E-state index is 0.205. The van der Waals surface area contributed by atoms with Crippen molar-refractivity contribution in [2.75, 3.05) is 6.61 Å². The van der Waals surface area contributed by atoms with Gasteiger partial charge in [0.05, 0.1) is 5.69 Å². The Hall–Kier alpha value is -0.830. The Morgan fingerprint density at radius 3 is 2.50 bits per heavy atom. The smallest absolute Gasteiger partial charge is 0.0629 e. The second kappa shape index (κ2) is 3.72. The molecule has 12 heavy (non-hydrogen) atoms. The predicted molar refractivity (Wildman–Crippen MR) is 48.2 cm³/mol. The highest BCUT2D eigenvalue weighted by Crippen LogP contribution is 2.12. The zero-order valence-electron chi connectivity index (χ0n) is 7.96. The van der Waals surface area contributed by atoms with Gasteiger partial charge in [0.25, 0.3) is 0 Å². The van der Waals surface area contributed by atoms with Gasteiger partial charge >= 0.3 is 0 Å². The molecule has 3 nitrogen and oxygen atoms in total. The number of aryl methyl sites for hydroxylation is 2. The van der Waals surface area contributed by atoms with Crippen LogP contribution in [0.3, 0.4) is 0 Å². The number of hydrogen-bond donors (Lipinski definition) is 1. The summed E-state index contributed by atoms with van der Waals surface area (Å²) in [6, 6.07) is 0. The van der Waals surface area contributed by atoms with Crippen molar-refractivity contribution in [3.63, 3.8) is 0 Å². The molecule has 0 aliphatic heterocycles. The molecule has 0 radical (unpaired) electrons. The van der Waals surface area contributed by atoms with E-state index >= 15 is 0 Å². The van der Waals surface area contributed by atoms with Gasteiger partial charge in [-0.25, -0.2) is 0 Å². The maximum atomic E-state index is 8.81. The van der Waals surface area contributed by atoms with Crippen molar-refractivity contribution in [1.29, 1.82) is 0 Å². The molecule has 0 spiro atoms. The molecular formula is C9H16N2O. The Labute approximate surface area is 73.0 Å². The van der Waals surface area contributed by atoms with E-state index in [-0.39, 0.29) is 6.61 Å². The Morgan fingerprint density at radius 2 is 2.08 bits per heavy atom. The van der Waals surface area contributed by atoms with Crippen LogP contribution >= 0.6 is 0 Å². The van der Waals surface area contributed by atoms with Crippen LogP contribution in [0.2, 0.25) is 0 Å². The summed E-state index contributed by atoms with van der Waals surface area (Å²) in [6.07, 6.45) is 0.720. The summed E-state index contributed by atoms with van der Waals surface area (Å²) in [4.78, 5) is 0. The molecule has 3 heteroatoms. The molecule has 0 unspecified atom stereocenters. The second-order valence-corrected chi connectivity index (χ2v) is 2.94. The molecule has 0 saturated heterocycles. The van der Waals surface area contributed by atoms with E-state index in [1.54, 1.807) is 0 Å². The largest absolute Gasteiger partial charge is 0.396 e. The third kappa shape index (κ3) is 1.50. The first-order chi connectivity index (χ1) is 5.70. The fourth-order valence-electron chi connectivity index (χ4n) is 1.52. The number of aliphatic hydroxyl groups excluding tert-OH is 1. The van der Waals surface area contributed by atoms with E-state index in [0.717, 1.165) is 18.7 Å². The summed E-state index contributed by atoms with van der Waals surface area (Å²) >= 11 is 0. The SMILES string of the molecule is CCn1nc(C)c(CCO)c1C. The average Bonchev–Trinajstić information content (AvgIpc) is 2.32. The minimum absolute atomic E-state index is 0.205. The Bertz CT molecular complexity index is 266. The van der Waals surface area contributed by atoms with Crippen molar-refractivity contribution in [3.8, 4) is 0 Å². The van der Waals surface area contributed by atoms with E-state index in [2.05, 4.69) is 18.9 Å². The zero-order chi connectivity index (χ0) is 9.14. The predicted octanol–water partition coefficient (Wildman–Crippen LogP) is 1.05. The van der Waals surface area contributed by atoms with Gasteiger partial charge in [0.1, 0.15) is 0 Å². The average molecular weight is 168 g/mol. The maximum Gasteiger partial charge on any atom is 0.0629 e. The van der Waals surface area contributed by atoms with Gasteiger partial charge in [0.2, 0.25) is 0 Å². The third-order valence-corrected chi connectivity index (χ3v) is 2.19. The number of nitrogens with zero attached hydrogens (tertiary/aromatic N) is 2. The fourth-order valence-corrected chi connectivity index (χ4v) is 1.52. The molecule has 0 aliphatic rings. The molecule has 0 amide bonds. The van der Waals surface area contributed by atoms with E-state index in [0.29, 0.717) is 0 Å². The molecule has 1 aromatic heterocycles. The summed E-state index contributed by atoms with van der Waals surface area (Å²) in [7, 11) is 0. The van der Waals surface area contributed by atoms with Crippen LogP contribution in [0.25, 0.3) is 0 Å². The Kier molecular flexibility index (Phi) is 2.87. The van der Waals surface area contributed by atoms with Crippen LogP contribution < -0.4 is 0 Å². The minimum Gasteiger partial charge on any atom is -0.396 e. The highest BCUT2D eigenvalue weighted by molar-refractivity contribution is 5.24. The van der Waals surface area contributed by atoms with Gasteiger partial charge in [-0.3, -0.25) is 4.68 Å². The molecule has 1 aromatic rings. The van der Waals surface area contributed by atoms with Gasteiger partial charge in [0, 0.05) is 18.8 Å². The van der Waals surface area contributed by atoms with Crippen molar-refractivity contribution < 1.29 is 5.11 Å². The molecule has 0 aliphatic carbocycles. The number of aliphatic hydroxyl groups is 1. The van der Waals surface area contributed by atoms with Crippen LogP contribution in [0.15, 0.2) is 0 Å². The Balaban J connectivity index is 3.01. The molecular weight excluding hydrogens is 152 g/mol. The van der Waals surface area contributed by atoms with Crippen molar-refractivity contribution >= 4 is 0 Å². The van der Waals surface area contributed by atoms with Crippen LogP contribution in [-0.2, 0) is 13.0 Å². The standard InChI is InChI=1S/C9H16N2O/c1-4-11-8(3)9(5-6-12)7(2)10-11/h12H,4-6H2,1-3H3. The molecule has 0 aromatic carbocycles. The lowest BCUT2D eigenvalue weighted by Gasteiger charge is -1.99. The van der Waals surface area contributed by atoms with Crippen LogP contribution in [0.5, 0.6) is 0 Å². The molecule has 0 atom stereocenters. The van der Waals surface area contributed by atoms with E-state index in [1.165, 1.54) is 11.3 Å². The van der Waals surface area contributed by atoms with Gasteiger partial charge < -0.3 is 5.11 Å². The van der Waals surface area contributed by atoms with E-state index in [4.69, 9.17) is 5.11 Å². The highest BCUT2D eigenvalue weighted by atomic mass is 16.2. The molecule has 1 rings (SSSR count). The quantitative estimate of drug-likeness (QED) is 0.732. The van der Waals surface area contributed by atoms with Gasteiger partial charge in [-0.15, -0.1) is 0 Å². The molecule has 0 fully saturated rings. The topological polar surface area (TPSA) is 38.0 Å². The molecule has 1 heterocycles. The first-order valence-corrected chi connectivity index (χ1v) is 4.34. The fraction of sp³-hybridized carbons (Fsp3) is 0.667. The first-order valence-electron chi connectivity index (χ1n) is 4.34. The lowest BCUT2D eigenvalue weighted by atomic mass is 10.1. The van der Waals surface area contributed by atoms with Crippen LogP contribution in [0.1, 0.15) is 23.9 Å². The first kappa shape index (κ1) is 9.26. The summed E-state index contributed by atoms with van der Waals surface area (Å²) in [5, 5.41) is 13.2. The van der Waals surface area contributed by atoms with E-state index < -0.39 is 0 Å². The van der Waals surface area contributed by atoms with Gasteiger partial charge in [-0.2, -0.15) is 5.10 Å². The third-order valence-electron chi connectivity index (χ3n) is 2.19. The van der Waals surface area contributed by atoms with Gasteiger partial charge in [-0.05, 0) is 32.8 Å². The number of aromatic nitrogens is 2. The van der Waals surface area contributed by atoms with Gasteiger partial charge in [0.15, 0.2) is 0 Å². The molecule has 0 saturated carbocycles. The normalized spacial score (nSPS) is 10.7. The maximum absolute atomic E-state index is 8.81. The zero-order valence-corrected chi connectivity index (χ0v) is 7.96. The summed E-state index contributed by atoms with van der Waals surface area (Å²) in [5.74, 6) is 0. The van der Waals surface area contributed by atoms with Crippen LogP contribution in [0, 0.1) is 13.8 Å². The summed E-state index contributed by atoms with van der Waals surface area (Å²) in [5.41, 5.74) is 3.42. The number of rotatable bonds is 3. The molecule has 68 valence electrons. The second-order valence-electron chi connectivity index (χ2n) is 2.94. The van der Waals surface area contributed by atoms with E-state index in [9.17, 15) is 0 Å². The number of hydrogen-bond acceptors (Lipinski definition) is 2. The molecule has 1 N–H and O–H groups in total. The monoisotopic (exact) mass is 168 g/mol. The van der Waals surface area contributed by atoms with Crippen molar-refractivity contribution in [2.45, 2.75) is 33.7 Å².